The van der Waals surface area contributed by atoms with E-state index in [0.717, 1.165) is 12.1 Å². The van der Waals surface area contributed by atoms with Crippen LogP contribution in [-0.4, -0.2) is 15.7 Å². The average Bonchev–Trinajstić information content (AvgIpc) is 2.67. The molecule has 0 aliphatic carbocycles. The van der Waals surface area contributed by atoms with Gasteiger partial charge < -0.3 is 4.74 Å². The molecule has 0 saturated carbocycles. The van der Waals surface area contributed by atoms with Crippen molar-refractivity contribution < 1.29 is 22.7 Å². The molecule has 0 N–H and O–H groups in total. The van der Waals surface area contributed by atoms with Gasteiger partial charge in [0.1, 0.15) is 6.61 Å². The van der Waals surface area contributed by atoms with E-state index in [-0.39, 0.29) is 29.3 Å². The number of halogens is 3. The van der Waals surface area contributed by atoms with Gasteiger partial charge in [0, 0.05) is 11.9 Å². The molecule has 0 aliphatic rings. The lowest BCUT2D eigenvalue weighted by atomic mass is 10.1. The van der Waals surface area contributed by atoms with E-state index in [1.165, 1.54) is 16.8 Å². The van der Waals surface area contributed by atoms with Gasteiger partial charge >= 0.3 is 12.1 Å². The predicted molar refractivity (Wildman–Crippen MR) is 101 cm³/mol. The molecule has 29 heavy (non-hydrogen) atoms. The van der Waals surface area contributed by atoms with Crippen molar-refractivity contribution in [1.82, 2.24) is 9.78 Å². The van der Waals surface area contributed by atoms with Gasteiger partial charge in [-0.15, -0.1) is 0 Å². The Kier molecular flexibility index (Phi) is 5.72. The Morgan fingerprint density at radius 2 is 1.79 bits per heavy atom. The van der Waals surface area contributed by atoms with E-state index in [1.807, 2.05) is 13.8 Å². The molecule has 0 fully saturated rings. The quantitative estimate of drug-likeness (QED) is 0.591. The second-order valence-corrected chi connectivity index (χ2v) is 7.05. The van der Waals surface area contributed by atoms with Crippen molar-refractivity contribution >= 4 is 16.7 Å². The highest BCUT2D eigenvalue weighted by molar-refractivity contribution is 6.02. The van der Waals surface area contributed by atoms with Crippen LogP contribution in [0, 0.1) is 5.92 Å². The molecule has 2 aromatic carbocycles. The first-order valence-corrected chi connectivity index (χ1v) is 9.00. The molecule has 3 aromatic rings. The van der Waals surface area contributed by atoms with E-state index in [4.69, 9.17) is 4.74 Å². The third-order valence-electron chi connectivity index (χ3n) is 4.22. The summed E-state index contributed by atoms with van der Waals surface area (Å²) in [6, 6.07) is 11.1. The molecule has 1 heterocycles. The third-order valence-corrected chi connectivity index (χ3v) is 4.22. The number of carbonyl (C=O) groups is 1. The maximum Gasteiger partial charge on any atom is 0.416 e. The normalized spacial score (nSPS) is 11.8. The first kappa shape index (κ1) is 20.6. The molecule has 1 aromatic heterocycles. The van der Waals surface area contributed by atoms with Crippen LogP contribution < -0.4 is 5.56 Å². The number of aromatic nitrogens is 2. The van der Waals surface area contributed by atoms with E-state index >= 15 is 0 Å². The highest BCUT2D eigenvalue weighted by Crippen LogP contribution is 2.29. The Balaban J connectivity index is 1.91. The maximum atomic E-state index is 12.8. The smallest absolute Gasteiger partial charge is 0.416 e. The largest absolute Gasteiger partial charge is 0.456 e. The summed E-state index contributed by atoms with van der Waals surface area (Å²) in [6.07, 6.45) is -4.48. The minimum atomic E-state index is -4.48. The summed E-state index contributed by atoms with van der Waals surface area (Å²) >= 11 is 0. The van der Waals surface area contributed by atoms with E-state index in [9.17, 15) is 22.8 Å². The van der Waals surface area contributed by atoms with Crippen LogP contribution in [0.5, 0.6) is 0 Å². The summed E-state index contributed by atoms with van der Waals surface area (Å²) in [5.41, 5.74) is -0.982. The van der Waals surface area contributed by atoms with E-state index < -0.39 is 17.7 Å². The van der Waals surface area contributed by atoms with Gasteiger partial charge in [0.15, 0.2) is 5.69 Å². The van der Waals surface area contributed by atoms with E-state index in [2.05, 4.69) is 5.10 Å². The van der Waals surface area contributed by atoms with Gasteiger partial charge in [0.25, 0.3) is 5.56 Å². The average molecular weight is 404 g/mol. The molecule has 8 heteroatoms. The SMILES string of the molecule is CC(C)Cn1nc(C(=O)OCc2cccc(C(F)(F)F)c2)c2ccccc2c1=O. The van der Waals surface area contributed by atoms with Gasteiger partial charge in [0.05, 0.1) is 10.9 Å². The lowest BCUT2D eigenvalue weighted by molar-refractivity contribution is -0.137. The Morgan fingerprint density at radius 3 is 2.45 bits per heavy atom. The van der Waals surface area contributed by atoms with Gasteiger partial charge in [-0.25, -0.2) is 9.48 Å². The van der Waals surface area contributed by atoms with Crippen molar-refractivity contribution in [3.05, 3.63) is 75.7 Å². The molecule has 0 radical (unpaired) electrons. The van der Waals surface area contributed by atoms with Crippen molar-refractivity contribution in [3.8, 4) is 0 Å². The van der Waals surface area contributed by atoms with Gasteiger partial charge in [-0.1, -0.05) is 44.2 Å². The lowest BCUT2D eigenvalue weighted by Crippen LogP contribution is -2.28. The minimum absolute atomic E-state index is 0.0483. The lowest BCUT2D eigenvalue weighted by Gasteiger charge is -2.13. The van der Waals surface area contributed by atoms with Crippen molar-refractivity contribution in [2.45, 2.75) is 33.2 Å². The van der Waals surface area contributed by atoms with Gasteiger partial charge in [-0.2, -0.15) is 18.3 Å². The zero-order chi connectivity index (χ0) is 21.2. The fourth-order valence-electron chi connectivity index (χ4n) is 2.91. The number of nitrogens with zero attached hydrogens (tertiary/aromatic N) is 2. The predicted octanol–water partition coefficient (Wildman–Crippen LogP) is 4.43. The van der Waals surface area contributed by atoms with E-state index in [0.29, 0.717) is 17.3 Å². The topological polar surface area (TPSA) is 61.2 Å². The standard InChI is InChI=1S/C21H19F3N2O3/c1-13(2)11-26-19(27)17-9-4-3-8-16(17)18(25-26)20(28)29-12-14-6-5-7-15(10-14)21(22,23)24/h3-10,13H,11-12H2,1-2H3. The van der Waals surface area contributed by atoms with Crippen molar-refractivity contribution in [2.24, 2.45) is 5.92 Å². The van der Waals surface area contributed by atoms with Crippen LogP contribution in [0.15, 0.2) is 53.3 Å². The second-order valence-electron chi connectivity index (χ2n) is 7.05. The zero-order valence-corrected chi connectivity index (χ0v) is 15.9. The second kappa shape index (κ2) is 8.06. The molecule has 0 saturated heterocycles. The number of esters is 1. The summed E-state index contributed by atoms with van der Waals surface area (Å²) < 4.78 is 44.9. The Hall–Kier alpha value is -3.16. The summed E-state index contributed by atoms with van der Waals surface area (Å²) in [7, 11) is 0. The highest BCUT2D eigenvalue weighted by atomic mass is 19.4. The number of alkyl halides is 3. The molecule has 0 atom stereocenters. The molecule has 0 bridgehead atoms. The Morgan fingerprint density at radius 1 is 1.10 bits per heavy atom. The summed E-state index contributed by atoms with van der Waals surface area (Å²) in [5.74, 6) is -0.688. The van der Waals surface area contributed by atoms with Crippen LogP contribution in [-0.2, 0) is 24.1 Å². The number of carbonyl (C=O) groups excluding carboxylic acids is 1. The fraction of sp³-hybridized carbons (Fsp3) is 0.286. The zero-order valence-electron chi connectivity index (χ0n) is 15.9. The highest BCUT2D eigenvalue weighted by Gasteiger charge is 2.30. The number of hydrogen-bond donors (Lipinski definition) is 0. The molecule has 3 rings (SSSR count). The first-order chi connectivity index (χ1) is 13.7. The molecule has 0 amide bonds. The molecular formula is C21H19F3N2O3. The number of ether oxygens (including phenoxy) is 1. The Bertz CT molecular complexity index is 1100. The maximum absolute atomic E-state index is 12.8. The van der Waals surface area contributed by atoms with Crippen LogP contribution in [0.3, 0.4) is 0 Å². The number of fused-ring (bicyclic) bond motifs is 1. The summed E-state index contributed by atoms with van der Waals surface area (Å²) in [5, 5.41) is 4.83. The molecule has 152 valence electrons. The number of rotatable bonds is 5. The van der Waals surface area contributed by atoms with Crippen LogP contribution >= 0.6 is 0 Å². The number of hydrogen-bond acceptors (Lipinski definition) is 4. The van der Waals surface area contributed by atoms with Crippen LogP contribution in [0.25, 0.3) is 10.8 Å². The Labute approximate surface area is 164 Å². The van der Waals surface area contributed by atoms with E-state index in [1.54, 1.807) is 24.3 Å². The van der Waals surface area contributed by atoms with Crippen LogP contribution in [0.2, 0.25) is 0 Å². The summed E-state index contributed by atoms with van der Waals surface area (Å²) in [6.45, 7) is 3.80. The number of benzene rings is 2. The van der Waals surface area contributed by atoms with Crippen molar-refractivity contribution in [2.75, 3.05) is 0 Å². The molecule has 0 aliphatic heterocycles. The molecule has 0 spiro atoms. The summed E-state index contributed by atoms with van der Waals surface area (Å²) in [4.78, 5) is 25.2. The van der Waals surface area contributed by atoms with Crippen LogP contribution in [0.1, 0.15) is 35.5 Å². The molecule has 5 nitrogen and oxygen atoms in total. The van der Waals surface area contributed by atoms with Gasteiger partial charge in [-0.3, -0.25) is 4.79 Å². The van der Waals surface area contributed by atoms with Crippen molar-refractivity contribution in [1.29, 1.82) is 0 Å². The first-order valence-electron chi connectivity index (χ1n) is 9.00. The minimum Gasteiger partial charge on any atom is -0.456 e. The van der Waals surface area contributed by atoms with Crippen LogP contribution in [0.4, 0.5) is 13.2 Å². The van der Waals surface area contributed by atoms with Gasteiger partial charge in [0.2, 0.25) is 0 Å². The third kappa shape index (κ3) is 4.64. The molecule has 0 unspecified atom stereocenters. The molecular weight excluding hydrogens is 385 g/mol. The van der Waals surface area contributed by atoms with Gasteiger partial charge in [-0.05, 0) is 29.7 Å². The monoisotopic (exact) mass is 404 g/mol. The fourth-order valence-corrected chi connectivity index (χ4v) is 2.91. The van der Waals surface area contributed by atoms with Crippen molar-refractivity contribution in [3.63, 3.8) is 0 Å².